The van der Waals surface area contributed by atoms with E-state index in [1.54, 1.807) is 29.0 Å². The van der Waals surface area contributed by atoms with E-state index < -0.39 is 6.04 Å². The molecule has 1 aliphatic rings. The van der Waals surface area contributed by atoms with Gasteiger partial charge in [-0.1, -0.05) is 18.2 Å². The Morgan fingerprint density at radius 2 is 2.08 bits per heavy atom. The van der Waals surface area contributed by atoms with Crippen molar-refractivity contribution in [3.8, 4) is 0 Å². The molecule has 4 rings (SSSR count). The van der Waals surface area contributed by atoms with Gasteiger partial charge in [0, 0.05) is 24.8 Å². The summed E-state index contributed by atoms with van der Waals surface area (Å²) in [5.74, 6) is -0.307. The Kier molecular flexibility index (Phi) is 3.68. The van der Waals surface area contributed by atoms with Gasteiger partial charge in [0.2, 0.25) is 5.91 Å². The van der Waals surface area contributed by atoms with Gasteiger partial charge >= 0.3 is 0 Å². The average Bonchev–Trinajstić information content (AvgIpc) is 3.14. The van der Waals surface area contributed by atoms with E-state index in [2.05, 4.69) is 15.4 Å². The van der Waals surface area contributed by atoms with E-state index in [1.807, 2.05) is 36.4 Å². The van der Waals surface area contributed by atoms with Crippen molar-refractivity contribution in [3.63, 3.8) is 0 Å². The molecule has 25 heavy (non-hydrogen) atoms. The first kappa shape index (κ1) is 15.3. The minimum atomic E-state index is -0.527. The Hall–Kier alpha value is -3.22. The maximum absolute atomic E-state index is 13.0. The van der Waals surface area contributed by atoms with Crippen molar-refractivity contribution < 1.29 is 9.59 Å². The number of para-hydroxylation sites is 1. The minimum absolute atomic E-state index is 0.139. The number of fused-ring (bicyclic) bond motifs is 2. The molecule has 0 bridgehead atoms. The maximum atomic E-state index is 13.0. The lowest BCUT2D eigenvalue weighted by Crippen LogP contribution is -2.46. The number of pyridine rings is 1. The Morgan fingerprint density at radius 1 is 1.24 bits per heavy atom. The summed E-state index contributed by atoms with van der Waals surface area (Å²) in [6, 6.07) is 10.8. The van der Waals surface area contributed by atoms with E-state index in [4.69, 9.17) is 0 Å². The smallest absolute Gasteiger partial charge is 0.255 e. The van der Waals surface area contributed by atoms with Crippen LogP contribution in [0.1, 0.15) is 22.1 Å². The van der Waals surface area contributed by atoms with E-state index in [9.17, 15) is 9.59 Å². The number of hydrogen-bond donors (Lipinski definition) is 1. The molecule has 1 atom stereocenters. The van der Waals surface area contributed by atoms with Crippen LogP contribution in [0.3, 0.4) is 0 Å². The third kappa shape index (κ3) is 2.63. The van der Waals surface area contributed by atoms with Gasteiger partial charge in [-0.3, -0.25) is 19.3 Å². The monoisotopic (exact) mass is 335 g/mol. The highest BCUT2D eigenvalue weighted by atomic mass is 16.2. The topological polar surface area (TPSA) is 80.1 Å². The van der Waals surface area contributed by atoms with Gasteiger partial charge in [0.1, 0.15) is 6.04 Å². The molecule has 0 spiro atoms. The highest BCUT2D eigenvalue weighted by Gasteiger charge is 2.33. The summed E-state index contributed by atoms with van der Waals surface area (Å²) in [6.07, 6.45) is 3.24. The number of likely N-dealkylation sites (N-methyl/N-ethyl adjacent to an activating group) is 1. The van der Waals surface area contributed by atoms with Crippen molar-refractivity contribution in [1.82, 2.24) is 25.0 Å². The molecule has 126 valence electrons. The molecule has 0 aliphatic carbocycles. The summed E-state index contributed by atoms with van der Waals surface area (Å²) in [6.45, 7) is 0.694. The number of hydrogen-bond acceptors (Lipinski definition) is 4. The van der Waals surface area contributed by atoms with Gasteiger partial charge in [-0.25, -0.2) is 0 Å². The molecule has 7 nitrogen and oxygen atoms in total. The molecule has 1 aliphatic heterocycles. The molecule has 0 saturated carbocycles. The second kappa shape index (κ2) is 6.01. The number of carbonyl (C=O) groups is 2. The predicted molar refractivity (Wildman–Crippen MR) is 91.8 cm³/mol. The molecule has 0 radical (unpaired) electrons. The maximum Gasteiger partial charge on any atom is 0.255 e. The number of rotatable bonds is 2. The van der Waals surface area contributed by atoms with E-state index in [0.717, 1.165) is 16.6 Å². The molecule has 0 fully saturated rings. The fraction of sp³-hybridized carbons (Fsp3) is 0.222. The van der Waals surface area contributed by atoms with Gasteiger partial charge in [-0.2, -0.15) is 5.10 Å². The second-order valence-electron chi connectivity index (χ2n) is 6.00. The molecule has 0 saturated heterocycles. The number of aromatic nitrogens is 3. The van der Waals surface area contributed by atoms with Crippen LogP contribution in [0.4, 0.5) is 0 Å². The molecule has 2 aromatic heterocycles. The zero-order valence-corrected chi connectivity index (χ0v) is 13.7. The van der Waals surface area contributed by atoms with Crippen LogP contribution >= 0.6 is 0 Å². The summed E-state index contributed by atoms with van der Waals surface area (Å²) in [7, 11) is 1.58. The molecule has 7 heteroatoms. The van der Waals surface area contributed by atoms with Crippen molar-refractivity contribution in [2.45, 2.75) is 12.6 Å². The Morgan fingerprint density at radius 3 is 2.92 bits per heavy atom. The molecule has 1 N–H and O–H groups in total. The van der Waals surface area contributed by atoms with E-state index in [-0.39, 0.29) is 18.4 Å². The van der Waals surface area contributed by atoms with Gasteiger partial charge in [-0.05, 0) is 18.2 Å². The van der Waals surface area contributed by atoms with Crippen LogP contribution in [-0.4, -0.2) is 45.1 Å². The van der Waals surface area contributed by atoms with Gasteiger partial charge in [0.05, 0.1) is 29.9 Å². The van der Waals surface area contributed by atoms with Gasteiger partial charge in [0.25, 0.3) is 5.91 Å². The molecular formula is C18H17N5O2. The fourth-order valence-electron chi connectivity index (χ4n) is 3.18. The SMILES string of the molecule is CNC(=O)[C@@H]1CN(C(=O)c2cnc3ccccc3c2)Cc2ccnn21. The summed E-state index contributed by atoms with van der Waals surface area (Å²) >= 11 is 0. The zero-order valence-electron chi connectivity index (χ0n) is 13.7. The van der Waals surface area contributed by atoms with Crippen molar-refractivity contribution in [3.05, 3.63) is 60.0 Å². The summed E-state index contributed by atoms with van der Waals surface area (Å²) < 4.78 is 1.68. The van der Waals surface area contributed by atoms with Crippen LogP contribution < -0.4 is 5.32 Å². The molecular weight excluding hydrogens is 318 g/mol. The molecule has 3 aromatic rings. The van der Waals surface area contributed by atoms with Gasteiger partial charge in [0.15, 0.2) is 0 Å². The number of nitrogens with one attached hydrogen (secondary N) is 1. The highest BCUT2D eigenvalue weighted by Crippen LogP contribution is 2.23. The quantitative estimate of drug-likeness (QED) is 0.767. The number of amides is 2. The Balaban J connectivity index is 1.66. The van der Waals surface area contributed by atoms with E-state index in [1.165, 1.54) is 0 Å². The van der Waals surface area contributed by atoms with Crippen LogP contribution in [-0.2, 0) is 11.3 Å². The first-order valence-electron chi connectivity index (χ1n) is 8.05. The lowest BCUT2D eigenvalue weighted by molar-refractivity contribution is -0.125. The lowest BCUT2D eigenvalue weighted by atomic mass is 10.1. The first-order valence-corrected chi connectivity index (χ1v) is 8.05. The van der Waals surface area contributed by atoms with Gasteiger partial charge in [-0.15, -0.1) is 0 Å². The van der Waals surface area contributed by atoms with E-state index in [0.29, 0.717) is 12.1 Å². The largest absolute Gasteiger partial charge is 0.357 e. The third-order valence-electron chi connectivity index (χ3n) is 4.47. The average molecular weight is 335 g/mol. The van der Waals surface area contributed by atoms with Crippen LogP contribution in [0, 0.1) is 0 Å². The summed E-state index contributed by atoms with van der Waals surface area (Å²) in [5, 5.41) is 7.77. The highest BCUT2D eigenvalue weighted by molar-refractivity contribution is 5.97. The standard InChI is InChI=1S/C18H17N5O2/c1-19-17(24)16-11-22(10-14-6-7-21-23(14)16)18(25)13-8-12-4-2-3-5-15(12)20-9-13/h2-9,16H,10-11H2,1H3,(H,19,24)/t16-/m0/s1. The van der Waals surface area contributed by atoms with Crippen molar-refractivity contribution in [2.75, 3.05) is 13.6 Å². The third-order valence-corrected chi connectivity index (χ3v) is 4.47. The Bertz CT molecular complexity index is 965. The molecule has 2 amide bonds. The molecule has 3 heterocycles. The van der Waals surface area contributed by atoms with Crippen LogP contribution in [0.25, 0.3) is 10.9 Å². The lowest BCUT2D eigenvalue weighted by Gasteiger charge is -2.33. The minimum Gasteiger partial charge on any atom is -0.357 e. The fourth-order valence-corrected chi connectivity index (χ4v) is 3.18. The second-order valence-corrected chi connectivity index (χ2v) is 6.00. The molecule has 1 aromatic carbocycles. The number of benzene rings is 1. The summed E-state index contributed by atoms with van der Waals surface area (Å²) in [5.41, 5.74) is 2.20. The van der Waals surface area contributed by atoms with Crippen molar-refractivity contribution in [2.24, 2.45) is 0 Å². The van der Waals surface area contributed by atoms with Crippen LogP contribution in [0.5, 0.6) is 0 Å². The first-order chi connectivity index (χ1) is 12.2. The zero-order chi connectivity index (χ0) is 17.4. The molecule has 0 unspecified atom stereocenters. The normalized spacial score (nSPS) is 16.5. The van der Waals surface area contributed by atoms with E-state index >= 15 is 0 Å². The van der Waals surface area contributed by atoms with Crippen LogP contribution in [0.2, 0.25) is 0 Å². The predicted octanol–water partition coefficient (Wildman–Crippen LogP) is 1.37. The van der Waals surface area contributed by atoms with Crippen molar-refractivity contribution in [1.29, 1.82) is 0 Å². The number of nitrogens with zero attached hydrogens (tertiary/aromatic N) is 4. The van der Waals surface area contributed by atoms with Gasteiger partial charge < -0.3 is 10.2 Å². The Labute approximate surface area is 144 Å². The number of carbonyl (C=O) groups excluding carboxylic acids is 2. The summed E-state index contributed by atoms with van der Waals surface area (Å²) in [4.78, 5) is 31.2. The van der Waals surface area contributed by atoms with Crippen LogP contribution in [0.15, 0.2) is 48.8 Å². The van der Waals surface area contributed by atoms with Crippen molar-refractivity contribution >= 4 is 22.7 Å².